The topological polar surface area (TPSA) is 58.6 Å². The predicted octanol–water partition coefficient (Wildman–Crippen LogP) is 3.22. The fraction of sp³-hybridized carbons (Fsp3) is 0.263. The van der Waals surface area contributed by atoms with Crippen LogP contribution in [-0.4, -0.2) is 24.5 Å². The van der Waals surface area contributed by atoms with E-state index in [1.54, 1.807) is 24.0 Å². The molecule has 3 rings (SSSR count). The molecule has 1 N–H and O–H groups in total. The van der Waals surface area contributed by atoms with E-state index in [1.165, 1.54) is 0 Å². The first-order valence-corrected chi connectivity index (χ1v) is 8.06. The second-order valence-corrected chi connectivity index (χ2v) is 5.76. The molecule has 124 valence electrons. The van der Waals surface area contributed by atoms with Crippen molar-refractivity contribution >= 4 is 23.2 Å². The smallest absolute Gasteiger partial charge is 0.265 e. The molecule has 1 fully saturated rings. The van der Waals surface area contributed by atoms with Crippen molar-refractivity contribution in [3.8, 4) is 5.75 Å². The van der Waals surface area contributed by atoms with Crippen molar-refractivity contribution in [1.82, 2.24) is 0 Å². The minimum absolute atomic E-state index is 0.127. The van der Waals surface area contributed by atoms with E-state index in [2.05, 4.69) is 5.32 Å². The van der Waals surface area contributed by atoms with Gasteiger partial charge in [0.2, 0.25) is 5.91 Å². The molecule has 1 aliphatic heterocycles. The fourth-order valence-electron chi connectivity index (χ4n) is 2.67. The molecule has 24 heavy (non-hydrogen) atoms. The number of hydrogen-bond donors (Lipinski definition) is 1. The fourth-order valence-corrected chi connectivity index (χ4v) is 2.67. The predicted molar refractivity (Wildman–Crippen MR) is 93.2 cm³/mol. The van der Waals surface area contributed by atoms with Gasteiger partial charge in [0.05, 0.1) is 0 Å². The number of carbonyl (C=O) groups excluding carboxylic acids is 2. The molecule has 1 atom stereocenters. The van der Waals surface area contributed by atoms with Crippen molar-refractivity contribution in [2.24, 2.45) is 0 Å². The highest BCUT2D eigenvalue weighted by atomic mass is 16.5. The highest BCUT2D eigenvalue weighted by Crippen LogP contribution is 2.26. The second-order valence-electron chi connectivity index (χ2n) is 5.76. The lowest BCUT2D eigenvalue weighted by atomic mass is 10.2. The summed E-state index contributed by atoms with van der Waals surface area (Å²) < 4.78 is 5.73. The van der Waals surface area contributed by atoms with Gasteiger partial charge in [0.1, 0.15) is 5.75 Å². The number of nitrogens with zero attached hydrogens (tertiary/aromatic N) is 1. The third kappa shape index (κ3) is 3.74. The molecular formula is C19H20N2O3. The molecule has 0 radical (unpaired) electrons. The van der Waals surface area contributed by atoms with E-state index < -0.39 is 6.10 Å². The molecule has 0 bridgehead atoms. The van der Waals surface area contributed by atoms with Crippen molar-refractivity contribution in [2.75, 3.05) is 16.8 Å². The van der Waals surface area contributed by atoms with E-state index in [0.717, 1.165) is 24.3 Å². The molecule has 2 amide bonds. The number of benzene rings is 2. The van der Waals surface area contributed by atoms with Crippen molar-refractivity contribution in [2.45, 2.75) is 25.9 Å². The van der Waals surface area contributed by atoms with Gasteiger partial charge in [0.25, 0.3) is 5.91 Å². The quantitative estimate of drug-likeness (QED) is 0.918. The highest BCUT2D eigenvalue weighted by Gasteiger charge is 2.22. The molecule has 0 aliphatic carbocycles. The van der Waals surface area contributed by atoms with Gasteiger partial charge in [-0.1, -0.05) is 24.3 Å². The number of amides is 2. The summed E-state index contributed by atoms with van der Waals surface area (Å²) >= 11 is 0. The number of carbonyl (C=O) groups is 2. The molecule has 1 aliphatic rings. The Bertz CT molecular complexity index is 730. The van der Waals surface area contributed by atoms with Gasteiger partial charge < -0.3 is 15.0 Å². The van der Waals surface area contributed by atoms with Crippen LogP contribution in [0.4, 0.5) is 11.4 Å². The summed E-state index contributed by atoms with van der Waals surface area (Å²) in [5.74, 6) is 0.480. The zero-order chi connectivity index (χ0) is 16.9. The van der Waals surface area contributed by atoms with Gasteiger partial charge in [-0.15, -0.1) is 0 Å². The van der Waals surface area contributed by atoms with Crippen LogP contribution >= 0.6 is 0 Å². The van der Waals surface area contributed by atoms with Crippen LogP contribution in [0.5, 0.6) is 5.75 Å². The summed E-state index contributed by atoms with van der Waals surface area (Å²) in [6.45, 7) is 2.43. The monoisotopic (exact) mass is 324 g/mol. The van der Waals surface area contributed by atoms with Crippen molar-refractivity contribution < 1.29 is 14.3 Å². The summed E-state index contributed by atoms with van der Waals surface area (Å²) in [7, 11) is 0. The van der Waals surface area contributed by atoms with Gasteiger partial charge in [-0.25, -0.2) is 0 Å². The molecular weight excluding hydrogens is 304 g/mol. The zero-order valence-electron chi connectivity index (χ0n) is 13.6. The largest absolute Gasteiger partial charge is 0.481 e. The lowest BCUT2D eigenvalue weighted by molar-refractivity contribution is -0.122. The molecule has 0 saturated carbocycles. The van der Waals surface area contributed by atoms with Gasteiger partial charge in [-0.3, -0.25) is 9.59 Å². The van der Waals surface area contributed by atoms with Crippen LogP contribution in [0.2, 0.25) is 0 Å². The van der Waals surface area contributed by atoms with Gasteiger partial charge in [0.15, 0.2) is 6.10 Å². The molecule has 5 heteroatoms. The Labute approximate surface area is 141 Å². The summed E-state index contributed by atoms with van der Waals surface area (Å²) in [5.41, 5.74) is 1.54. The summed E-state index contributed by atoms with van der Waals surface area (Å²) in [4.78, 5) is 25.8. The molecule has 2 aromatic carbocycles. The van der Waals surface area contributed by atoms with Gasteiger partial charge in [0, 0.05) is 30.4 Å². The van der Waals surface area contributed by atoms with E-state index in [1.807, 2.05) is 42.5 Å². The molecule has 1 heterocycles. The van der Waals surface area contributed by atoms with Crippen molar-refractivity contribution in [1.29, 1.82) is 0 Å². The Morgan fingerprint density at radius 1 is 1.17 bits per heavy atom. The number of hydrogen-bond acceptors (Lipinski definition) is 3. The Balaban J connectivity index is 1.65. The summed E-state index contributed by atoms with van der Waals surface area (Å²) in [6, 6.07) is 16.6. The van der Waals surface area contributed by atoms with E-state index in [-0.39, 0.29) is 11.8 Å². The number of ether oxygens (including phenoxy) is 1. The van der Waals surface area contributed by atoms with Crippen LogP contribution in [-0.2, 0) is 9.59 Å². The highest BCUT2D eigenvalue weighted by molar-refractivity contribution is 5.95. The molecule has 0 aromatic heterocycles. The summed E-state index contributed by atoms with van der Waals surface area (Å²) in [5, 5.41) is 2.81. The summed E-state index contributed by atoms with van der Waals surface area (Å²) in [6.07, 6.45) is 0.815. The van der Waals surface area contributed by atoms with Crippen LogP contribution in [0, 0.1) is 0 Å². The molecule has 0 spiro atoms. The van der Waals surface area contributed by atoms with Gasteiger partial charge in [-0.05, 0) is 37.6 Å². The first kappa shape index (κ1) is 16.1. The van der Waals surface area contributed by atoms with Crippen molar-refractivity contribution in [3.05, 3.63) is 54.6 Å². The minimum Gasteiger partial charge on any atom is -0.481 e. The second kappa shape index (κ2) is 7.17. The zero-order valence-corrected chi connectivity index (χ0v) is 13.6. The number of anilines is 2. The van der Waals surface area contributed by atoms with Gasteiger partial charge in [-0.2, -0.15) is 0 Å². The average molecular weight is 324 g/mol. The Morgan fingerprint density at radius 3 is 2.67 bits per heavy atom. The maximum Gasteiger partial charge on any atom is 0.265 e. The standard InChI is InChI=1S/C19H20N2O3/c1-14(19(23)20-15-7-3-2-4-8-15)24-17-10-5-9-16(13-17)21-12-6-11-18(21)22/h2-5,7-10,13-14H,6,11-12H2,1H3,(H,20,23)/t14-/m0/s1. The average Bonchev–Trinajstić information content (AvgIpc) is 3.02. The normalized spacial score (nSPS) is 15.2. The van der Waals surface area contributed by atoms with Crippen LogP contribution in [0.25, 0.3) is 0 Å². The maximum absolute atomic E-state index is 12.2. The first-order chi connectivity index (χ1) is 11.6. The van der Waals surface area contributed by atoms with E-state index in [4.69, 9.17) is 4.74 Å². The third-order valence-electron chi connectivity index (χ3n) is 3.93. The Hall–Kier alpha value is -2.82. The SMILES string of the molecule is C[C@H](Oc1cccc(N2CCCC2=O)c1)C(=O)Nc1ccccc1. The number of para-hydroxylation sites is 1. The molecule has 2 aromatic rings. The Kier molecular flexibility index (Phi) is 4.79. The minimum atomic E-state index is -0.644. The van der Waals surface area contributed by atoms with Crippen LogP contribution in [0.15, 0.2) is 54.6 Å². The van der Waals surface area contributed by atoms with E-state index in [9.17, 15) is 9.59 Å². The van der Waals surface area contributed by atoms with Crippen LogP contribution in [0.3, 0.4) is 0 Å². The number of nitrogens with one attached hydrogen (secondary N) is 1. The lowest BCUT2D eigenvalue weighted by Gasteiger charge is -2.18. The van der Waals surface area contributed by atoms with Crippen LogP contribution in [0.1, 0.15) is 19.8 Å². The lowest BCUT2D eigenvalue weighted by Crippen LogP contribution is -2.30. The molecule has 5 nitrogen and oxygen atoms in total. The van der Waals surface area contributed by atoms with Crippen molar-refractivity contribution in [3.63, 3.8) is 0 Å². The maximum atomic E-state index is 12.2. The first-order valence-electron chi connectivity index (χ1n) is 8.06. The Morgan fingerprint density at radius 2 is 1.96 bits per heavy atom. The number of rotatable bonds is 5. The van der Waals surface area contributed by atoms with E-state index >= 15 is 0 Å². The van der Waals surface area contributed by atoms with E-state index in [0.29, 0.717) is 12.2 Å². The molecule has 1 saturated heterocycles. The third-order valence-corrected chi connectivity index (χ3v) is 3.93. The molecule has 0 unspecified atom stereocenters. The van der Waals surface area contributed by atoms with Gasteiger partial charge >= 0.3 is 0 Å². The van der Waals surface area contributed by atoms with Crippen LogP contribution < -0.4 is 15.0 Å².